The number of nitrogens with zero attached hydrogens (tertiary/aromatic N) is 1. The van der Waals surface area contributed by atoms with Crippen LogP contribution in [0.3, 0.4) is 0 Å². The summed E-state index contributed by atoms with van der Waals surface area (Å²) in [6.45, 7) is 3.86. The number of anilines is 1. The molecule has 4 nitrogen and oxygen atoms in total. The van der Waals surface area contributed by atoms with Crippen molar-refractivity contribution in [2.75, 3.05) is 25.4 Å². The Morgan fingerprint density at radius 1 is 0.935 bits per heavy atom. The average Bonchev–Trinajstić information content (AvgIpc) is 3.29. The molecule has 1 amide bonds. The van der Waals surface area contributed by atoms with E-state index in [0.29, 0.717) is 23.6 Å². The Balaban J connectivity index is 1.29. The highest BCUT2D eigenvalue weighted by atomic mass is 35.5. The van der Waals surface area contributed by atoms with Crippen LogP contribution < -0.4 is 11.1 Å². The van der Waals surface area contributed by atoms with Crippen LogP contribution in [-0.2, 0) is 13.0 Å². The third kappa shape index (κ3) is 5.66. The SMILES string of the molecule is Nc1cc(CN2CCCC2)ccc1CCNC(=O)c1ccc(-c2ccc(Cl)cc2)cc1. The van der Waals surface area contributed by atoms with Gasteiger partial charge >= 0.3 is 0 Å². The highest BCUT2D eigenvalue weighted by Gasteiger charge is 2.12. The molecule has 0 spiro atoms. The molecule has 0 bridgehead atoms. The van der Waals surface area contributed by atoms with Crippen LogP contribution in [0.5, 0.6) is 0 Å². The maximum atomic E-state index is 12.5. The molecule has 5 heteroatoms. The van der Waals surface area contributed by atoms with E-state index < -0.39 is 0 Å². The molecule has 4 rings (SSSR count). The summed E-state index contributed by atoms with van der Waals surface area (Å²) >= 11 is 5.95. The van der Waals surface area contributed by atoms with Gasteiger partial charge in [0.2, 0.25) is 0 Å². The van der Waals surface area contributed by atoms with Crippen LogP contribution in [0.2, 0.25) is 5.02 Å². The third-order valence-electron chi connectivity index (χ3n) is 5.82. The van der Waals surface area contributed by atoms with Crippen molar-refractivity contribution in [2.45, 2.75) is 25.8 Å². The lowest BCUT2D eigenvalue weighted by Gasteiger charge is -2.16. The summed E-state index contributed by atoms with van der Waals surface area (Å²) in [5.74, 6) is -0.0770. The van der Waals surface area contributed by atoms with Gasteiger partial charge in [0.15, 0.2) is 0 Å². The molecule has 0 unspecified atom stereocenters. The molecule has 3 aromatic rings. The first kappa shape index (κ1) is 21.4. The molecule has 1 heterocycles. The Morgan fingerprint density at radius 3 is 2.23 bits per heavy atom. The summed E-state index contributed by atoms with van der Waals surface area (Å²) < 4.78 is 0. The lowest BCUT2D eigenvalue weighted by molar-refractivity contribution is 0.0954. The smallest absolute Gasteiger partial charge is 0.251 e. The first-order valence-corrected chi connectivity index (χ1v) is 11.2. The normalized spacial score (nSPS) is 14.0. The van der Waals surface area contributed by atoms with E-state index in [1.165, 1.54) is 31.5 Å². The van der Waals surface area contributed by atoms with Gasteiger partial charge in [-0.05, 0) is 84.9 Å². The Hall–Kier alpha value is -2.82. The van der Waals surface area contributed by atoms with E-state index >= 15 is 0 Å². The first-order chi connectivity index (χ1) is 15.1. The van der Waals surface area contributed by atoms with E-state index in [1.807, 2.05) is 48.5 Å². The number of halogens is 1. The number of amides is 1. The number of rotatable bonds is 7. The number of carbonyl (C=O) groups excluding carboxylic acids is 1. The van der Waals surface area contributed by atoms with E-state index in [1.54, 1.807) is 0 Å². The number of hydrogen-bond acceptors (Lipinski definition) is 3. The number of hydrogen-bond donors (Lipinski definition) is 2. The molecular weight excluding hydrogens is 406 g/mol. The summed E-state index contributed by atoms with van der Waals surface area (Å²) in [6, 6.07) is 21.6. The lowest BCUT2D eigenvalue weighted by atomic mass is 10.0. The average molecular weight is 434 g/mol. The van der Waals surface area contributed by atoms with Gasteiger partial charge in [-0.2, -0.15) is 0 Å². The van der Waals surface area contributed by atoms with Crippen LogP contribution in [0, 0.1) is 0 Å². The van der Waals surface area contributed by atoms with Crippen LogP contribution in [0.25, 0.3) is 11.1 Å². The predicted octanol–water partition coefficient (Wildman–Crippen LogP) is 5.16. The second-order valence-electron chi connectivity index (χ2n) is 8.11. The van der Waals surface area contributed by atoms with E-state index in [9.17, 15) is 4.79 Å². The van der Waals surface area contributed by atoms with Crippen LogP contribution in [0.4, 0.5) is 5.69 Å². The van der Waals surface area contributed by atoms with Gasteiger partial charge in [0.1, 0.15) is 0 Å². The minimum absolute atomic E-state index is 0.0770. The van der Waals surface area contributed by atoms with E-state index in [4.69, 9.17) is 17.3 Å². The summed E-state index contributed by atoms with van der Waals surface area (Å²) in [6.07, 6.45) is 3.29. The molecule has 1 saturated heterocycles. The summed E-state index contributed by atoms with van der Waals surface area (Å²) in [5, 5.41) is 3.70. The third-order valence-corrected chi connectivity index (χ3v) is 6.07. The summed E-state index contributed by atoms with van der Waals surface area (Å²) in [4.78, 5) is 15.0. The lowest BCUT2D eigenvalue weighted by Crippen LogP contribution is -2.25. The molecule has 1 aliphatic heterocycles. The monoisotopic (exact) mass is 433 g/mol. The second kappa shape index (κ2) is 9.99. The van der Waals surface area contributed by atoms with Crippen molar-refractivity contribution in [3.05, 3.63) is 88.4 Å². The van der Waals surface area contributed by atoms with Crippen molar-refractivity contribution in [3.8, 4) is 11.1 Å². The Morgan fingerprint density at radius 2 is 1.58 bits per heavy atom. The van der Waals surface area contributed by atoms with Gasteiger partial charge in [-0.15, -0.1) is 0 Å². The molecule has 0 saturated carbocycles. The minimum atomic E-state index is -0.0770. The number of nitrogens with two attached hydrogens (primary N) is 1. The van der Waals surface area contributed by atoms with Crippen molar-refractivity contribution in [2.24, 2.45) is 0 Å². The molecule has 160 valence electrons. The van der Waals surface area contributed by atoms with E-state index in [2.05, 4.69) is 28.4 Å². The Kier molecular flexibility index (Phi) is 6.90. The van der Waals surface area contributed by atoms with Crippen molar-refractivity contribution < 1.29 is 4.79 Å². The van der Waals surface area contributed by atoms with Gasteiger partial charge in [0, 0.05) is 29.4 Å². The molecule has 1 fully saturated rings. The van der Waals surface area contributed by atoms with Crippen molar-refractivity contribution in [1.29, 1.82) is 0 Å². The van der Waals surface area contributed by atoms with Gasteiger partial charge in [-0.3, -0.25) is 9.69 Å². The fraction of sp³-hybridized carbons (Fsp3) is 0.269. The highest BCUT2D eigenvalue weighted by molar-refractivity contribution is 6.30. The molecule has 3 N–H and O–H groups in total. The van der Waals surface area contributed by atoms with Gasteiger partial charge in [0.25, 0.3) is 5.91 Å². The number of benzene rings is 3. The van der Waals surface area contributed by atoms with Crippen molar-refractivity contribution in [1.82, 2.24) is 10.2 Å². The van der Waals surface area contributed by atoms with Crippen LogP contribution >= 0.6 is 11.6 Å². The fourth-order valence-corrected chi connectivity index (χ4v) is 4.16. The molecule has 0 aliphatic carbocycles. The van der Waals surface area contributed by atoms with Crippen LogP contribution in [0.15, 0.2) is 66.7 Å². The molecule has 0 radical (unpaired) electrons. The van der Waals surface area contributed by atoms with Gasteiger partial charge in [0.05, 0.1) is 0 Å². The number of nitrogens with one attached hydrogen (secondary N) is 1. The van der Waals surface area contributed by atoms with Gasteiger partial charge in [-0.25, -0.2) is 0 Å². The summed E-state index contributed by atoms with van der Waals surface area (Å²) in [7, 11) is 0. The molecule has 1 aliphatic rings. The highest BCUT2D eigenvalue weighted by Crippen LogP contribution is 2.22. The zero-order chi connectivity index (χ0) is 21.6. The molecule has 3 aromatic carbocycles. The van der Waals surface area contributed by atoms with Crippen molar-refractivity contribution >= 4 is 23.2 Å². The maximum absolute atomic E-state index is 12.5. The van der Waals surface area contributed by atoms with Crippen LogP contribution in [-0.4, -0.2) is 30.4 Å². The van der Waals surface area contributed by atoms with Crippen LogP contribution in [0.1, 0.15) is 34.3 Å². The largest absolute Gasteiger partial charge is 0.398 e. The number of carbonyl (C=O) groups is 1. The van der Waals surface area contributed by atoms with Gasteiger partial charge in [-0.1, -0.05) is 48.0 Å². The molecule has 0 atom stereocenters. The Bertz CT molecular complexity index is 1030. The first-order valence-electron chi connectivity index (χ1n) is 10.8. The topological polar surface area (TPSA) is 58.4 Å². The minimum Gasteiger partial charge on any atom is -0.398 e. The number of likely N-dealkylation sites (tertiary alicyclic amines) is 1. The Labute approximate surface area is 189 Å². The van der Waals surface area contributed by atoms with Crippen molar-refractivity contribution in [3.63, 3.8) is 0 Å². The molecule has 31 heavy (non-hydrogen) atoms. The predicted molar refractivity (Wildman–Crippen MR) is 128 cm³/mol. The second-order valence-corrected chi connectivity index (χ2v) is 8.54. The standard InChI is InChI=1S/C26H28ClN3O/c27-24-11-9-21(10-12-24)20-5-7-23(8-6-20)26(31)29-14-13-22-4-3-19(17-25(22)28)18-30-15-1-2-16-30/h3-12,17H,1-2,13-16,18,28H2,(H,29,31). The van der Waals surface area contributed by atoms with Gasteiger partial charge < -0.3 is 11.1 Å². The zero-order valence-corrected chi connectivity index (χ0v) is 18.4. The maximum Gasteiger partial charge on any atom is 0.251 e. The fourth-order valence-electron chi connectivity index (χ4n) is 4.04. The number of nitrogen functional groups attached to an aromatic ring is 1. The summed E-state index contributed by atoms with van der Waals surface area (Å²) in [5.41, 5.74) is 12.2. The van der Waals surface area contributed by atoms with E-state index in [0.717, 1.165) is 28.9 Å². The zero-order valence-electron chi connectivity index (χ0n) is 17.6. The quantitative estimate of drug-likeness (QED) is 0.506. The van der Waals surface area contributed by atoms with E-state index in [-0.39, 0.29) is 5.91 Å². The molecule has 0 aromatic heterocycles. The molecular formula is C26H28ClN3O.